The third-order valence-electron chi connectivity index (χ3n) is 21.8. The van der Waals surface area contributed by atoms with Crippen molar-refractivity contribution in [3.05, 3.63) is 142 Å². The summed E-state index contributed by atoms with van der Waals surface area (Å²) in [5, 5.41) is 12.0. The van der Waals surface area contributed by atoms with Crippen LogP contribution in [0.2, 0.25) is 0 Å². The van der Waals surface area contributed by atoms with Gasteiger partial charge >= 0.3 is 0 Å². The fourth-order valence-corrected chi connectivity index (χ4v) is 17.9. The Kier molecular flexibility index (Phi) is 12.7. The van der Waals surface area contributed by atoms with Crippen LogP contribution in [-0.4, -0.2) is 8.80 Å². The van der Waals surface area contributed by atoms with Crippen molar-refractivity contribution in [2.45, 2.75) is 231 Å². The van der Waals surface area contributed by atoms with E-state index >= 15 is 0 Å². The molecule has 15 rings (SSSR count). The molecular formula is C78H88N2. The normalized spacial score (nSPS) is 18.2. The molecule has 0 unspecified atom stereocenters. The second-order valence-corrected chi connectivity index (χ2v) is 27.9. The third-order valence-corrected chi connectivity index (χ3v) is 21.8. The summed E-state index contributed by atoms with van der Waals surface area (Å²) >= 11 is 0. The number of benzene rings is 7. The topological polar surface area (TPSA) is 8.82 Å². The molecule has 4 aromatic heterocycles. The van der Waals surface area contributed by atoms with Gasteiger partial charge in [-0.05, 0) is 190 Å². The quantitative estimate of drug-likeness (QED) is 0.129. The van der Waals surface area contributed by atoms with Gasteiger partial charge in [-0.3, -0.25) is 0 Å². The van der Waals surface area contributed by atoms with Crippen molar-refractivity contribution in [3.63, 3.8) is 0 Å². The van der Waals surface area contributed by atoms with Crippen molar-refractivity contribution < 1.29 is 0 Å². The summed E-state index contributed by atoms with van der Waals surface area (Å²) < 4.78 is 5.85. The minimum atomic E-state index is 0.420. The van der Waals surface area contributed by atoms with E-state index in [2.05, 4.69) is 161 Å². The number of hydrogen-bond donors (Lipinski definition) is 0. The number of fused-ring (bicyclic) bond motifs is 14. The smallest absolute Gasteiger partial charge is 0.0634 e. The molecule has 4 heterocycles. The van der Waals surface area contributed by atoms with E-state index in [1.165, 1.54) is 249 Å². The molecule has 0 spiro atoms. The maximum Gasteiger partial charge on any atom is 0.0634 e. The molecular weight excluding hydrogens is 965 g/mol. The summed E-state index contributed by atoms with van der Waals surface area (Å²) in [5.74, 6) is 4.08. The average molecular weight is 1050 g/mol. The largest absolute Gasteiger partial charge is 0.308 e. The highest BCUT2D eigenvalue weighted by atomic mass is 15.0. The molecule has 4 aliphatic rings. The summed E-state index contributed by atoms with van der Waals surface area (Å²) in [6, 6.07) is 41.3. The van der Waals surface area contributed by atoms with Gasteiger partial charge < -0.3 is 8.80 Å². The molecule has 0 aliphatic heterocycles. The molecule has 4 aliphatic carbocycles. The lowest BCUT2D eigenvalue weighted by Crippen LogP contribution is -2.09. The number of aromatic nitrogens is 2. The number of hydrogen-bond acceptors (Lipinski definition) is 0. The van der Waals surface area contributed by atoms with Crippen molar-refractivity contribution >= 4 is 76.2 Å². The van der Waals surface area contributed by atoms with E-state index in [-0.39, 0.29) is 0 Å². The van der Waals surface area contributed by atoms with Crippen LogP contribution in [0.1, 0.15) is 276 Å². The standard InChI is InChI=1S/C78H88N2/c1-45(2)57-31-21-32-58(46(3)4)69(57)53-35-37-61-67(43-53)79-75-63(51-27-17-11-18-28-51)39-55(49-23-13-9-14-24-49)41-65(75)74-72-62-38-36-54(70-59(47(5)6)33-22-34-60(70)48(7)8)44-68(62)80-76-64(52-29-19-12-20-30-52)40-56(50-25-15-10-16-26-50)42-66(76)73(78(72)80)71(61)77(74)79/h21-22,31-52H,9-20,23-30H2,1-8H3. The van der Waals surface area contributed by atoms with E-state index in [9.17, 15) is 0 Å². The van der Waals surface area contributed by atoms with Crippen molar-refractivity contribution in [2.24, 2.45) is 0 Å². The lowest BCUT2D eigenvalue weighted by Gasteiger charge is -2.27. The first-order chi connectivity index (χ1) is 39.0. The van der Waals surface area contributed by atoms with Crippen molar-refractivity contribution in [2.75, 3.05) is 0 Å². The van der Waals surface area contributed by atoms with Crippen LogP contribution >= 0.6 is 0 Å². The zero-order chi connectivity index (χ0) is 54.2. The fraction of sp³-hybridized carbons (Fsp3) is 0.462. The van der Waals surface area contributed by atoms with Gasteiger partial charge in [0.05, 0.1) is 33.1 Å². The second kappa shape index (κ2) is 19.9. The Morgan fingerprint density at radius 3 is 0.950 bits per heavy atom. The van der Waals surface area contributed by atoms with Crippen molar-refractivity contribution in [1.82, 2.24) is 8.80 Å². The fourth-order valence-electron chi connectivity index (χ4n) is 17.9. The maximum absolute atomic E-state index is 2.92. The Hall–Kier alpha value is -5.86. The van der Waals surface area contributed by atoms with E-state index in [4.69, 9.17) is 0 Å². The molecule has 2 nitrogen and oxygen atoms in total. The van der Waals surface area contributed by atoms with Gasteiger partial charge in [0.15, 0.2) is 0 Å². The van der Waals surface area contributed by atoms with Gasteiger partial charge in [-0.1, -0.05) is 205 Å². The average Bonchev–Trinajstić information content (AvgIpc) is 4.39. The van der Waals surface area contributed by atoms with Gasteiger partial charge in [0, 0.05) is 43.1 Å². The SMILES string of the molecule is CC(C)c1cccc(C(C)C)c1-c1ccc2c3c4c5cc(C6CCCCC6)cc(C6CCCCC6)c5n5c6cc(-c7c(C(C)C)cccc7C(C)C)ccc6c(c6c7cc(C8CCCCC8)cc(C8CCCCC8)c7n(c2c1)c36)c45. The highest BCUT2D eigenvalue weighted by Crippen LogP contribution is 2.57. The van der Waals surface area contributed by atoms with Gasteiger partial charge in [-0.2, -0.15) is 0 Å². The van der Waals surface area contributed by atoms with Gasteiger partial charge in [-0.25, -0.2) is 0 Å². The second-order valence-electron chi connectivity index (χ2n) is 27.9. The predicted octanol–water partition coefficient (Wildman–Crippen LogP) is 24.0. The third kappa shape index (κ3) is 7.82. The van der Waals surface area contributed by atoms with Crippen molar-refractivity contribution in [3.8, 4) is 22.3 Å². The minimum absolute atomic E-state index is 0.420. The van der Waals surface area contributed by atoms with Crippen LogP contribution in [0.25, 0.3) is 98.4 Å². The van der Waals surface area contributed by atoms with E-state index < -0.39 is 0 Å². The lowest BCUT2D eigenvalue weighted by atomic mass is 9.78. The Bertz CT molecular complexity index is 3840. The summed E-state index contributed by atoms with van der Waals surface area (Å²) in [6.07, 6.45) is 26.7. The predicted molar refractivity (Wildman–Crippen MR) is 346 cm³/mol. The molecule has 4 fully saturated rings. The van der Waals surface area contributed by atoms with Crippen LogP contribution in [0.5, 0.6) is 0 Å². The summed E-state index contributed by atoms with van der Waals surface area (Å²) in [6.45, 7) is 19.2. The monoisotopic (exact) mass is 1050 g/mol. The molecule has 2 heteroatoms. The molecule has 4 saturated carbocycles. The summed E-state index contributed by atoms with van der Waals surface area (Å²) in [4.78, 5) is 0. The molecule has 0 atom stereocenters. The highest BCUT2D eigenvalue weighted by molar-refractivity contribution is 6.45. The molecule has 0 radical (unpaired) electrons. The maximum atomic E-state index is 2.92. The first-order valence-corrected chi connectivity index (χ1v) is 32.8. The zero-order valence-electron chi connectivity index (χ0n) is 49.9. The summed E-state index contributed by atoms with van der Waals surface area (Å²) in [5.41, 5.74) is 26.9. The van der Waals surface area contributed by atoms with Gasteiger partial charge in [0.1, 0.15) is 0 Å². The van der Waals surface area contributed by atoms with E-state index in [0.717, 1.165) is 0 Å². The van der Waals surface area contributed by atoms with Crippen LogP contribution in [0.15, 0.2) is 97.1 Å². The molecule has 0 N–H and O–H groups in total. The van der Waals surface area contributed by atoms with Crippen LogP contribution in [0.3, 0.4) is 0 Å². The summed E-state index contributed by atoms with van der Waals surface area (Å²) in [7, 11) is 0. The Morgan fingerprint density at radius 1 is 0.312 bits per heavy atom. The van der Waals surface area contributed by atoms with E-state index in [0.29, 0.717) is 47.3 Å². The van der Waals surface area contributed by atoms with E-state index in [1.54, 1.807) is 22.3 Å². The first kappa shape index (κ1) is 51.1. The van der Waals surface area contributed by atoms with Gasteiger partial charge in [0.2, 0.25) is 0 Å². The molecule has 11 aromatic rings. The van der Waals surface area contributed by atoms with Crippen LogP contribution in [-0.2, 0) is 0 Å². The van der Waals surface area contributed by atoms with Crippen LogP contribution < -0.4 is 0 Å². The molecule has 7 aromatic carbocycles. The molecule has 410 valence electrons. The lowest BCUT2D eigenvalue weighted by molar-refractivity contribution is 0.437. The van der Waals surface area contributed by atoms with Gasteiger partial charge in [0.25, 0.3) is 0 Å². The Morgan fingerprint density at radius 2 is 0.625 bits per heavy atom. The van der Waals surface area contributed by atoms with Crippen molar-refractivity contribution in [1.29, 1.82) is 0 Å². The molecule has 0 amide bonds. The molecule has 80 heavy (non-hydrogen) atoms. The number of nitrogens with zero attached hydrogens (tertiary/aromatic N) is 2. The Labute approximate surface area is 477 Å². The number of rotatable bonds is 10. The molecule has 0 bridgehead atoms. The van der Waals surface area contributed by atoms with Gasteiger partial charge in [-0.15, -0.1) is 0 Å². The zero-order valence-corrected chi connectivity index (χ0v) is 49.9. The Balaban J connectivity index is 1.18. The highest BCUT2D eigenvalue weighted by Gasteiger charge is 2.35. The molecule has 0 saturated heterocycles. The van der Waals surface area contributed by atoms with Crippen LogP contribution in [0.4, 0.5) is 0 Å². The van der Waals surface area contributed by atoms with E-state index in [1.807, 2.05) is 0 Å². The van der Waals surface area contributed by atoms with Crippen LogP contribution in [0, 0.1) is 0 Å². The minimum Gasteiger partial charge on any atom is -0.308 e. The first-order valence-electron chi connectivity index (χ1n) is 32.8.